The van der Waals surface area contributed by atoms with Gasteiger partial charge in [-0.3, -0.25) is 4.79 Å². The molecule has 1 atom stereocenters. The number of para-hydroxylation sites is 1. The topological polar surface area (TPSA) is 58.9 Å². The number of nitrogens with one attached hydrogen (secondary N) is 1. The molecule has 0 aliphatic heterocycles. The van der Waals surface area contributed by atoms with Gasteiger partial charge in [-0.25, -0.2) is 0 Å². The van der Waals surface area contributed by atoms with Crippen molar-refractivity contribution in [2.45, 2.75) is 13.3 Å². The third-order valence-electron chi connectivity index (χ3n) is 2.80. The number of aromatic amines is 1. The van der Waals surface area contributed by atoms with Crippen molar-refractivity contribution in [3.8, 4) is 0 Å². The van der Waals surface area contributed by atoms with Crippen molar-refractivity contribution < 1.29 is 0 Å². The SMILES string of the molecule is CC(CN)Cc1cc2ccccc2[nH]c1=O. The van der Waals surface area contributed by atoms with Crippen LogP contribution >= 0.6 is 0 Å². The van der Waals surface area contributed by atoms with Gasteiger partial charge in [0.2, 0.25) is 0 Å². The number of nitrogens with two attached hydrogens (primary N) is 1. The summed E-state index contributed by atoms with van der Waals surface area (Å²) in [7, 11) is 0. The minimum Gasteiger partial charge on any atom is -0.330 e. The smallest absolute Gasteiger partial charge is 0.251 e. The maximum absolute atomic E-state index is 11.8. The molecule has 0 bridgehead atoms. The van der Waals surface area contributed by atoms with Crippen molar-refractivity contribution in [1.29, 1.82) is 0 Å². The summed E-state index contributed by atoms with van der Waals surface area (Å²) in [5.41, 5.74) is 7.27. The number of pyridine rings is 1. The van der Waals surface area contributed by atoms with Gasteiger partial charge in [-0.15, -0.1) is 0 Å². The summed E-state index contributed by atoms with van der Waals surface area (Å²) in [5, 5.41) is 1.07. The Hall–Kier alpha value is -1.61. The van der Waals surface area contributed by atoms with Crippen molar-refractivity contribution in [2.75, 3.05) is 6.54 Å². The standard InChI is InChI=1S/C13H16N2O/c1-9(8-14)6-11-7-10-4-2-3-5-12(10)15-13(11)16/h2-5,7,9H,6,8,14H2,1H3,(H,15,16). The lowest BCUT2D eigenvalue weighted by Gasteiger charge is -2.08. The lowest BCUT2D eigenvalue weighted by molar-refractivity contribution is 0.590. The third kappa shape index (κ3) is 2.14. The number of hydrogen-bond acceptors (Lipinski definition) is 2. The van der Waals surface area contributed by atoms with Gasteiger partial charge in [-0.1, -0.05) is 25.1 Å². The first-order valence-electron chi connectivity index (χ1n) is 5.51. The van der Waals surface area contributed by atoms with Crippen molar-refractivity contribution in [2.24, 2.45) is 11.7 Å². The normalized spacial score (nSPS) is 12.9. The molecule has 0 amide bonds. The van der Waals surface area contributed by atoms with E-state index in [1.165, 1.54) is 0 Å². The second-order valence-corrected chi connectivity index (χ2v) is 4.26. The molecular formula is C13H16N2O. The number of hydrogen-bond donors (Lipinski definition) is 2. The molecule has 1 aromatic carbocycles. The van der Waals surface area contributed by atoms with Crippen molar-refractivity contribution in [3.05, 3.63) is 46.2 Å². The third-order valence-corrected chi connectivity index (χ3v) is 2.80. The molecule has 16 heavy (non-hydrogen) atoms. The van der Waals surface area contributed by atoms with E-state index in [2.05, 4.69) is 11.9 Å². The quantitative estimate of drug-likeness (QED) is 0.819. The van der Waals surface area contributed by atoms with Crippen molar-refractivity contribution >= 4 is 10.9 Å². The van der Waals surface area contributed by atoms with Crippen LogP contribution in [0.2, 0.25) is 0 Å². The lowest BCUT2D eigenvalue weighted by atomic mass is 10.0. The number of H-pyrrole nitrogens is 1. The van der Waals surface area contributed by atoms with E-state index in [-0.39, 0.29) is 5.56 Å². The van der Waals surface area contributed by atoms with Gasteiger partial charge in [0, 0.05) is 11.1 Å². The summed E-state index contributed by atoms with van der Waals surface area (Å²) in [6.07, 6.45) is 0.733. The molecule has 0 aliphatic rings. The van der Waals surface area contributed by atoms with E-state index in [9.17, 15) is 4.79 Å². The highest BCUT2D eigenvalue weighted by atomic mass is 16.1. The van der Waals surface area contributed by atoms with Gasteiger partial charge in [0.05, 0.1) is 0 Å². The Morgan fingerprint density at radius 2 is 2.12 bits per heavy atom. The van der Waals surface area contributed by atoms with Gasteiger partial charge >= 0.3 is 0 Å². The molecule has 84 valence electrons. The summed E-state index contributed by atoms with van der Waals surface area (Å²) in [5.74, 6) is 0.335. The summed E-state index contributed by atoms with van der Waals surface area (Å²) in [6.45, 7) is 2.65. The van der Waals surface area contributed by atoms with E-state index in [0.29, 0.717) is 12.5 Å². The van der Waals surface area contributed by atoms with Gasteiger partial charge in [0.25, 0.3) is 5.56 Å². The predicted octanol–water partition coefficient (Wildman–Crippen LogP) is 1.67. The molecular weight excluding hydrogens is 200 g/mol. The van der Waals surface area contributed by atoms with Gasteiger partial charge in [-0.2, -0.15) is 0 Å². The predicted molar refractivity (Wildman–Crippen MR) is 66.5 cm³/mol. The molecule has 1 unspecified atom stereocenters. The highest BCUT2D eigenvalue weighted by Gasteiger charge is 2.06. The molecule has 1 heterocycles. The first kappa shape index (κ1) is 10.9. The zero-order valence-electron chi connectivity index (χ0n) is 9.36. The Labute approximate surface area is 94.3 Å². The Balaban J connectivity index is 2.46. The zero-order chi connectivity index (χ0) is 11.5. The Bertz CT molecular complexity index is 545. The highest BCUT2D eigenvalue weighted by Crippen LogP contribution is 2.12. The first-order chi connectivity index (χ1) is 7.70. The molecule has 3 N–H and O–H groups in total. The Morgan fingerprint density at radius 1 is 1.38 bits per heavy atom. The fraction of sp³-hybridized carbons (Fsp3) is 0.308. The number of fused-ring (bicyclic) bond motifs is 1. The summed E-state index contributed by atoms with van der Waals surface area (Å²) >= 11 is 0. The minimum atomic E-state index is -0.000926. The molecule has 0 fully saturated rings. The van der Waals surface area contributed by atoms with E-state index in [0.717, 1.165) is 22.9 Å². The van der Waals surface area contributed by atoms with E-state index in [1.54, 1.807) is 0 Å². The van der Waals surface area contributed by atoms with E-state index >= 15 is 0 Å². The van der Waals surface area contributed by atoms with Crippen molar-refractivity contribution in [3.63, 3.8) is 0 Å². The van der Waals surface area contributed by atoms with Crippen LogP contribution in [0.3, 0.4) is 0 Å². The molecule has 2 rings (SSSR count). The fourth-order valence-electron chi connectivity index (χ4n) is 1.80. The van der Waals surface area contributed by atoms with Crippen LogP contribution in [-0.4, -0.2) is 11.5 Å². The largest absolute Gasteiger partial charge is 0.330 e. The van der Waals surface area contributed by atoms with Gasteiger partial charge < -0.3 is 10.7 Å². The summed E-state index contributed by atoms with van der Waals surface area (Å²) < 4.78 is 0. The van der Waals surface area contributed by atoms with Crippen LogP contribution < -0.4 is 11.3 Å². The summed E-state index contributed by atoms with van der Waals surface area (Å²) in [4.78, 5) is 14.7. The van der Waals surface area contributed by atoms with E-state index in [4.69, 9.17) is 5.73 Å². The van der Waals surface area contributed by atoms with Crippen LogP contribution in [0.1, 0.15) is 12.5 Å². The van der Waals surface area contributed by atoms with E-state index < -0.39 is 0 Å². The molecule has 1 aromatic heterocycles. The molecule has 3 heteroatoms. The monoisotopic (exact) mass is 216 g/mol. The summed E-state index contributed by atoms with van der Waals surface area (Å²) in [6, 6.07) is 9.76. The van der Waals surface area contributed by atoms with Gasteiger partial charge in [-0.05, 0) is 36.4 Å². The second-order valence-electron chi connectivity index (χ2n) is 4.26. The Morgan fingerprint density at radius 3 is 2.88 bits per heavy atom. The lowest BCUT2D eigenvalue weighted by Crippen LogP contribution is -2.19. The number of benzene rings is 1. The fourth-order valence-corrected chi connectivity index (χ4v) is 1.80. The van der Waals surface area contributed by atoms with Crippen LogP contribution in [0.15, 0.2) is 35.1 Å². The molecule has 0 spiro atoms. The number of aromatic nitrogens is 1. The van der Waals surface area contributed by atoms with Crippen LogP contribution in [-0.2, 0) is 6.42 Å². The van der Waals surface area contributed by atoms with Gasteiger partial charge in [0.1, 0.15) is 0 Å². The molecule has 0 saturated carbocycles. The first-order valence-corrected chi connectivity index (χ1v) is 5.51. The Kier molecular flexibility index (Phi) is 3.06. The molecule has 0 aliphatic carbocycles. The number of rotatable bonds is 3. The maximum atomic E-state index is 11.8. The molecule has 0 saturated heterocycles. The zero-order valence-corrected chi connectivity index (χ0v) is 9.36. The van der Waals surface area contributed by atoms with E-state index in [1.807, 2.05) is 30.3 Å². The van der Waals surface area contributed by atoms with Crippen molar-refractivity contribution in [1.82, 2.24) is 4.98 Å². The van der Waals surface area contributed by atoms with Gasteiger partial charge in [0.15, 0.2) is 0 Å². The molecule has 2 aromatic rings. The average Bonchev–Trinajstić information content (AvgIpc) is 2.30. The second kappa shape index (κ2) is 4.49. The van der Waals surface area contributed by atoms with Crippen LogP contribution in [0.4, 0.5) is 0 Å². The average molecular weight is 216 g/mol. The highest BCUT2D eigenvalue weighted by molar-refractivity contribution is 5.78. The van der Waals surface area contributed by atoms with Crippen LogP contribution in [0.25, 0.3) is 10.9 Å². The minimum absolute atomic E-state index is 0.000926. The van der Waals surface area contributed by atoms with Crippen LogP contribution in [0, 0.1) is 5.92 Å². The van der Waals surface area contributed by atoms with Crippen LogP contribution in [0.5, 0.6) is 0 Å². The maximum Gasteiger partial charge on any atom is 0.251 e. The molecule has 3 nitrogen and oxygen atoms in total. The molecule has 0 radical (unpaired) electrons.